The SMILES string of the molecule is CC1CCC(NCC2(CO)CCOCC2)CC1. The molecule has 0 aromatic carbocycles. The summed E-state index contributed by atoms with van der Waals surface area (Å²) in [6, 6.07) is 0.678. The normalized spacial score (nSPS) is 33.5. The molecule has 0 aromatic rings. The van der Waals surface area contributed by atoms with E-state index in [0.29, 0.717) is 12.6 Å². The smallest absolute Gasteiger partial charge is 0.0501 e. The van der Waals surface area contributed by atoms with Crippen LogP contribution in [0.2, 0.25) is 0 Å². The molecule has 0 unspecified atom stereocenters. The van der Waals surface area contributed by atoms with Crippen LogP contribution >= 0.6 is 0 Å². The summed E-state index contributed by atoms with van der Waals surface area (Å²) in [6.07, 6.45) is 7.32. The van der Waals surface area contributed by atoms with Crippen LogP contribution in [0.25, 0.3) is 0 Å². The fourth-order valence-electron chi connectivity index (χ4n) is 3.02. The van der Waals surface area contributed by atoms with E-state index in [1.54, 1.807) is 0 Å². The van der Waals surface area contributed by atoms with Crippen LogP contribution in [0, 0.1) is 11.3 Å². The average Bonchev–Trinajstić information content (AvgIpc) is 2.39. The van der Waals surface area contributed by atoms with Crippen LogP contribution in [0.3, 0.4) is 0 Å². The zero-order valence-electron chi connectivity index (χ0n) is 11.1. The van der Waals surface area contributed by atoms with Crippen molar-refractivity contribution in [2.75, 3.05) is 26.4 Å². The molecule has 1 aliphatic carbocycles. The first-order valence-electron chi connectivity index (χ1n) is 7.16. The minimum atomic E-state index is 0.0846. The van der Waals surface area contributed by atoms with E-state index < -0.39 is 0 Å². The van der Waals surface area contributed by atoms with Crippen molar-refractivity contribution in [3.05, 3.63) is 0 Å². The molecule has 3 nitrogen and oxygen atoms in total. The van der Waals surface area contributed by atoms with Crippen LogP contribution in [-0.4, -0.2) is 37.5 Å². The van der Waals surface area contributed by atoms with Gasteiger partial charge < -0.3 is 15.2 Å². The third kappa shape index (κ3) is 3.67. The predicted octanol–water partition coefficient (Wildman–Crippen LogP) is 1.94. The van der Waals surface area contributed by atoms with Crippen molar-refractivity contribution in [3.8, 4) is 0 Å². The van der Waals surface area contributed by atoms with E-state index in [9.17, 15) is 5.11 Å². The zero-order chi connectivity index (χ0) is 12.1. The molecule has 0 spiro atoms. The second kappa shape index (κ2) is 6.17. The molecule has 17 heavy (non-hydrogen) atoms. The number of aliphatic hydroxyl groups is 1. The van der Waals surface area contributed by atoms with Crippen molar-refractivity contribution in [2.24, 2.45) is 11.3 Å². The summed E-state index contributed by atoms with van der Waals surface area (Å²) in [5, 5.41) is 13.3. The molecule has 100 valence electrons. The molecular weight excluding hydrogens is 214 g/mol. The lowest BCUT2D eigenvalue weighted by Crippen LogP contribution is -2.45. The topological polar surface area (TPSA) is 41.5 Å². The highest BCUT2D eigenvalue weighted by Crippen LogP contribution is 2.30. The molecule has 1 aliphatic heterocycles. The van der Waals surface area contributed by atoms with Gasteiger partial charge in [-0.2, -0.15) is 0 Å². The van der Waals surface area contributed by atoms with Gasteiger partial charge in [0.2, 0.25) is 0 Å². The highest BCUT2D eigenvalue weighted by Gasteiger charge is 2.32. The predicted molar refractivity (Wildman–Crippen MR) is 69.0 cm³/mol. The van der Waals surface area contributed by atoms with E-state index in [-0.39, 0.29) is 5.41 Å². The van der Waals surface area contributed by atoms with Gasteiger partial charge in [0.25, 0.3) is 0 Å². The molecule has 2 fully saturated rings. The Labute approximate surface area is 105 Å². The fraction of sp³-hybridized carbons (Fsp3) is 1.00. The summed E-state index contributed by atoms with van der Waals surface area (Å²) in [6.45, 7) is 5.23. The largest absolute Gasteiger partial charge is 0.396 e. The molecule has 0 aromatic heterocycles. The minimum Gasteiger partial charge on any atom is -0.396 e. The fourth-order valence-corrected chi connectivity index (χ4v) is 3.02. The van der Waals surface area contributed by atoms with Gasteiger partial charge in [-0.1, -0.05) is 6.92 Å². The summed E-state index contributed by atoms with van der Waals surface area (Å²) in [7, 11) is 0. The maximum absolute atomic E-state index is 9.62. The third-order valence-electron chi connectivity index (χ3n) is 4.67. The summed E-state index contributed by atoms with van der Waals surface area (Å²) in [5.74, 6) is 0.905. The van der Waals surface area contributed by atoms with Crippen molar-refractivity contribution in [1.82, 2.24) is 5.32 Å². The molecule has 0 bridgehead atoms. The van der Waals surface area contributed by atoms with Gasteiger partial charge in [-0.05, 0) is 44.4 Å². The monoisotopic (exact) mass is 241 g/mol. The average molecular weight is 241 g/mol. The van der Waals surface area contributed by atoms with Gasteiger partial charge in [0.1, 0.15) is 0 Å². The lowest BCUT2D eigenvalue weighted by Gasteiger charge is -2.38. The quantitative estimate of drug-likeness (QED) is 0.790. The van der Waals surface area contributed by atoms with Crippen LogP contribution in [0.4, 0.5) is 0 Å². The van der Waals surface area contributed by atoms with Crippen LogP contribution < -0.4 is 5.32 Å². The number of aliphatic hydroxyl groups excluding tert-OH is 1. The van der Waals surface area contributed by atoms with Crippen molar-refractivity contribution >= 4 is 0 Å². The molecule has 1 saturated heterocycles. The van der Waals surface area contributed by atoms with Gasteiger partial charge in [0, 0.05) is 31.2 Å². The second-order valence-corrected chi connectivity index (χ2v) is 6.11. The summed E-state index contributed by atoms with van der Waals surface area (Å²) >= 11 is 0. The lowest BCUT2D eigenvalue weighted by molar-refractivity contribution is -0.0172. The Bertz CT molecular complexity index is 218. The molecule has 0 radical (unpaired) electrons. The van der Waals surface area contributed by atoms with E-state index in [1.807, 2.05) is 0 Å². The van der Waals surface area contributed by atoms with Gasteiger partial charge in [-0.25, -0.2) is 0 Å². The van der Waals surface area contributed by atoms with Crippen LogP contribution in [0.1, 0.15) is 45.4 Å². The van der Waals surface area contributed by atoms with Crippen molar-refractivity contribution in [3.63, 3.8) is 0 Å². The Kier molecular flexibility index (Phi) is 4.83. The summed E-state index contributed by atoms with van der Waals surface area (Å²) < 4.78 is 5.39. The van der Waals surface area contributed by atoms with E-state index >= 15 is 0 Å². The number of hydrogen-bond donors (Lipinski definition) is 2. The maximum Gasteiger partial charge on any atom is 0.0501 e. The first kappa shape index (κ1) is 13.3. The van der Waals surface area contributed by atoms with E-state index in [4.69, 9.17) is 4.74 Å². The summed E-state index contributed by atoms with van der Waals surface area (Å²) in [5.41, 5.74) is 0.0846. The molecule has 2 rings (SSSR count). The zero-order valence-corrected chi connectivity index (χ0v) is 11.1. The molecule has 2 N–H and O–H groups in total. The molecule has 0 atom stereocenters. The van der Waals surface area contributed by atoms with Gasteiger partial charge in [0.15, 0.2) is 0 Å². The Hall–Kier alpha value is -0.120. The van der Waals surface area contributed by atoms with E-state index in [0.717, 1.165) is 38.5 Å². The van der Waals surface area contributed by atoms with E-state index in [1.165, 1.54) is 25.7 Å². The lowest BCUT2D eigenvalue weighted by atomic mass is 9.80. The van der Waals surface area contributed by atoms with Crippen LogP contribution in [0.15, 0.2) is 0 Å². The number of rotatable bonds is 4. The Morgan fingerprint density at radius 3 is 2.41 bits per heavy atom. The molecule has 1 saturated carbocycles. The molecule has 0 amide bonds. The number of nitrogens with one attached hydrogen (secondary N) is 1. The molecule has 2 aliphatic rings. The van der Waals surface area contributed by atoms with Gasteiger partial charge >= 0.3 is 0 Å². The van der Waals surface area contributed by atoms with E-state index in [2.05, 4.69) is 12.2 Å². The van der Waals surface area contributed by atoms with Gasteiger partial charge in [0.05, 0.1) is 6.61 Å². The maximum atomic E-state index is 9.62. The molecule has 1 heterocycles. The number of hydrogen-bond acceptors (Lipinski definition) is 3. The molecule has 3 heteroatoms. The Morgan fingerprint density at radius 2 is 1.82 bits per heavy atom. The first-order chi connectivity index (χ1) is 8.24. The van der Waals surface area contributed by atoms with Crippen LogP contribution in [0.5, 0.6) is 0 Å². The molecular formula is C14H27NO2. The highest BCUT2D eigenvalue weighted by atomic mass is 16.5. The van der Waals surface area contributed by atoms with Crippen molar-refractivity contribution < 1.29 is 9.84 Å². The number of ether oxygens (including phenoxy) is 1. The van der Waals surface area contributed by atoms with Crippen LogP contribution in [-0.2, 0) is 4.74 Å². The van der Waals surface area contributed by atoms with Gasteiger partial charge in [-0.3, -0.25) is 0 Å². The Balaban J connectivity index is 1.75. The second-order valence-electron chi connectivity index (χ2n) is 6.11. The third-order valence-corrected chi connectivity index (χ3v) is 4.67. The Morgan fingerprint density at radius 1 is 1.18 bits per heavy atom. The van der Waals surface area contributed by atoms with Crippen molar-refractivity contribution in [1.29, 1.82) is 0 Å². The standard InChI is InChI=1S/C14H27NO2/c1-12-2-4-13(5-3-12)15-10-14(11-16)6-8-17-9-7-14/h12-13,15-16H,2-11H2,1H3. The summed E-state index contributed by atoms with van der Waals surface area (Å²) in [4.78, 5) is 0. The highest BCUT2D eigenvalue weighted by molar-refractivity contribution is 4.86. The minimum absolute atomic E-state index is 0.0846. The van der Waals surface area contributed by atoms with Gasteiger partial charge in [-0.15, -0.1) is 0 Å². The van der Waals surface area contributed by atoms with Crippen molar-refractivity contribution in [2.45, 2.75) is 51.5 Å². The first-order valence-corrected chi connectivity index (χ1v) is 7.16.